The van der Waals surface area contributed by atoms with E-state index in [1.165, 1.54) is 0 Å². The molecule has 1 aliphatic rings. The van der Waals surface area contributed by atoms with E-state index >= 15 is 0 Å². The van der Waals surface area contributed by atoms with Crippen molar-refractivity contribution in [1.82, 2.24) is 0 Å². The second kappa shape index (κ2) is 5.20. The molecule has 1 aromatic carbocycles. The standard InChI is InChI=1S/C14H17NO2/c1-10-6-12(8-15)7-11(2)14(10)17-13-4-3-5-16-9-13/h6-7,13H,3-5,9H2,1-2H3. The maximum atomic E-state index is 8.89. The molecule has 1 aromatic rings. The third kappa shape index (κ3) is 2.78. The lowest BCUT2D eigenvalue weighted by Crippen LogP contribution is -2.28. The molecule has 1 saturated heterocycles. The van der Waals surface area contributed by atoms with Gasteiger partial charge in [-0.15, -0.1) is 0 Å². The highest BCUT2D eigenvalue weighted by Gasteiger charge is 2.17. The van der Waals surface area contributed by atoms with Gasteiger partial charge in [0.05, 0.1) is 18.2 Å². The van der Waals surface area contributed by atoms with Crippen LogP contribution in [0.15, 0.2) is 12.1 Å². The van der Waals surface area contributed by atoms with Crippen LogP contribution in [0, 0.1) is 25.2 Å². The molecular weight excluding hydrogens is 214 g/mol. The lowest BCUT2D eigenvalue weighted by molar-refractivity contribution is 0.00687. The number of benzene rings is 1. The van der Waals surface area contributed by atoms with Gasteiger partial charge in [-0.05, 0) is 49.9 Å². The molecule has 0 radical (unpaired) electrons. The van der Waals surface area contributed by atoms with Crippen molar-refractivity contribution in [1.29, 1.82) is 5.26 Å². The summed E-state index contributed by atoms with van der Waals surface area (Å²) >= 11 is 0. The molecule has 0 aliphatic carbocycles. The maximum absolute atomic E-state index is 8.89. The number of hydrogen-bond donors (Lipinski definition) is 0. The molecule has 1 fully saturated rings. The van der Waals surface area contributed by atoms with Crippen LogP contribution in [0.4, 0.5) is 0 Å². The minimum Gasteiger partial charge on any atom is -0.487 e. The van der Waals surface area contributed by atoms with Gasteiger partial charge in [-0.25, -0.2) is 0 Å². The van der Waals surface area contributed by atoms with E-state index in [0.717, 1.165) is 36.3 Å². The van der Waals surface area contributed by atoms with Crippen LogP contribution < -0.4 is 4.74 Å². The Morgan fingerprint density at radius 1 is 1.35 bits per heavy atom. The summed E-state index contributed by atoms with van der Waals surface area (Å²) in [6, 6.07) is 5.89. The Kier molecular flexibility index (Phi) is 3.65. The molecule has 0 saturated carbocycles. The largest absolute Gasteiger partial charge is 0.487 e. The fourth-order valence-corrected chi connectivity index (χ4v) is 2.17. The average Bonchev–Trinajstić information content (AvgIpc) is 2.35. The Labute approximate surface area is 102 Å². The summed E-state index contributed by atoms with van der Waals surface area (Å²) in [7, 11) is 0. The number of aryl methyl sites for hydroxylation is 2. The molecule has 3 heteroatoms. The fraction of sp³-hybridized carbons (Fsp3) is 0.500. The first-order valence-electron chi connectivity index (χ1n) is 5.96. The van der Waals surface area contributed by atoms with Crippen molar-refractivity contribution >= 4 is 0 Å². The van der Waals surface area contributed by atoms with Crippen molar-refractivity contribution in [3.05, 3.63) is 28.8 Å². The van der Waals surface area contributed by atoms with Gasteiger partial charge in [0, 0.05) is 6.61 Å². The molecule has 0 N–H and O–H groups in total. The smallest absolute Gasteiger partial charge is 0.125 e. The zero-order chi connectivity index (χ0) is 12.3. The van der Waals surface area contributed by atoms with Gasteiger partial charge in [-0.3, -0.25) is 0 Å². The van der Waals surface area contributed by atoms with Crippen molar-refractivity contribution < 1.29 is 9.47 Å². The number of ether oxygens (including phenoxy) is 2. The van der Waals surface area contributed by atoms with E-state index in [2.05, 4.69) is 6.07 Å². The van der Waals surface area contributed by atoms with Crippen LogP contribution in [0.2, 0.25) is 0 Å². The van der Waals surface area contributed by atoms with E-state index in [1.807, 2.05) is 26.0 Å². The van der Waals surface area contributed by atoms with E-state index in [4.69, 9.17) is 14.7 Å². The summed E-state index contributed by atoms with van der Waals surface area (Å²) < 4.78 is 11.4. The third-order valence-corrected chi connectivity index (χ3v) is 2.99. The van der Waals surface area contributed by atoms with Gasteiger partial charge in [-0.2, -0.15) is 5.26 Å². The van der Waals surface area contributed by atoms with Crippen molar-refractivity contribution in [2.24, 2.45) is 0 Å². The van der Waals surface area contributed by atoms with Crippen LogP contribution in [0.5, 0.6) is 5.75 Å². The van der Waals surface area contributed by atoms with Gasteiger partial charge >= 0.3 is 0 Å². The highest BCUT2D eigenvalue weighted by Crippen LogP contribution is 2.27. The molecular formula is C14H17NO2. The average molecular weight is 231 g/mol. The lowest BCUT2D eigenvalue weighted by atomic mass is 10.1. The fourth-order valence-electron chi connectivity index (χ4n) is 2.17. The van der Waals surface area contributed by atoms with Crippen molar-refractivity contribution in [2.75, 3.05) is 13.2 Å². The number of nitriles is 1. The van der Waals surface area contributed by atoms with Crippen LogP contribution in [0.25, 0.3) is 0 Å². The molecule has 1 heterocycles. The highest BCUT2D eigenvalue weighted by molar-refractivity contribution is 5.47. The lowest BCUT2D eigenvalue weighted by Gasteiger charge is -2.25. The van der Waals surface area contributed by atoms with E-state index in [1.54, 1.807) is 0 Å². The van der Waals surface area contributed by atoms with Crippen LogP contribution in [-0.2, 0) is 4.74 Å². The summed E-state index contributed by atoms with van der Waals surface area (Å²) in [5, 5.41) is 8.89. The topological polar surface area (TPSA) is 42.2 Å². The van der Waals surface area contributed by atoms with Crippen LogP contribution in [-0.4, -0.2) is 19.3 Å². The first kappa shape index (κ1) is 11.9. The third-order valence-electron chi connectivity index (χ3n) is 2.99. The predicted molar refractivity (Wildman–Crippen MR) is 65.1 cm³/mol. The molecule has 1 atom stereocenters. The molecule has 90 valence electrons. The molecule has 17 heavy (non-hydrogen) atoms. The number of rotatable bonds is 2. The first-order chi connectivity index (χ1) is 8.20. The van der Waals surface area contributed by atoms with Gasteiger partial charge in [0.2, 0.25) is 0 Å². The van der Waals surface area contributed by atoms with Gasteiger partial charge in [-0.1, -0.05) is 0 Å². The van der Waals surface area contributed by atoms with E-state index in [-0.39, 0.29) is 6.10 Å². The van der Waals surface area contributed by atoms with Gasteiger partial charge < -0.3 is 9.47 Å². The second-order valence-electron chi connectivity index (χ2n) is 4.51. The SMILES string of the molecule is Cc1cc(C#N)cc(C)c1OC1CCCOC1. The zero-order valence-corrected chi connectivity index (χ0v) is 10.3. The van der Waals surface area contributed by atoms with Gasteiger partial charge in [0.1, 0.15) is 11.9 Å². The minimum absolute atomic E-state index is 0.147. The van der Waals surface area contributed by atoms with Crippen LogP contribution >= 0.6 is 0 Å². The quantitative estimate of drug-likeness (QED) is 0.786. The van der Waals surface area contributed by atoms with Crippen LogP contribution in [0.1, 0.15) is 29.5 Å². The number of hydrogen-bond acceptors (Lipinski definition) is 3. The molecule has 0 aromatic heterocycles. The molecule has 0 bridgehead atoms. The Morgan fingerprint density at radius 3 is 2.59 bits per heavy atom. The molecule has 3 nitrogen and oxygen atoms in total. The van der Waals surface area contributed by atoms with Crippen molar-refractivity contribution in [2.45, 2.75) is 32.8 Å². The van der Waals surface area contributed by atoms with Gasteiger partial charge in [0.15, 0.2) is 0 Å². The normalized spacial score (nSPS) is 19.7. The molecule has 1 aliphatic heterocycles. The van der Waals surface area contributed by atoms with E-state index < -0.39 is 0 Å². The number of nitrogens with zero attached hydrogens (tertiary/aromatic N) is 1. The highest BCUT2D eigenvalue weighted by atomic mass is 16.5. The van der Waals surface area contributed by atoms with Crippen LogP contribution in [0.3, 0.4) is 0 Å². The molecule has 2 rings (SSSR count). The van der Waals surface area contributed by atoms with Crippen molar-refractivity contribution in [3.63, 3.8) is 0 Å². The molecule has 1 unspecified atom stereocenters. The summed E-state index contributed by atoms with van der Waals surface area (Å²) in [6.45, 7) is 5.46. The van der Waals surface area contributed by atoms with E-state index in [9.17, 15) is 0 Å². The minimum atomic E-state index is 0.147. The van der Waals surface area contributed by atoms with E-state index in [0.29, 0.717) is 12.2 Å². The Balaban J connectivity index is 2.18. The summed E-state index contributed by atoms with van der Waals surface area (Å²) in [6.07, 6.45) is 2.24. The molecule has 0 spiro atoms. The first-order valence-corrected chi connectivity index (χ1v) is 5.96. The Bertz CT molecular complexity index is 419. The monoisotopic (exact) mass is 231 g/mol. The summed E-state index contributed by atoms with van der Waals surface area (Å²) in [5.41, 5.74) is 2.73. The second-order valence-corrected chi connectivity index (χ2v) is 4.51. The summed E-state index contributed by atoms with van der Waals surface area (Å²) in [5.74, 6) is 0.902. The van der Waals surface area contributed by atoms with Gasteiger partial charge in [0.25, 0.3) is 0 Å². The maximum Gasteiger partial charge on any atom is 0.125 e. The predicted octanol–water partition coefficient (Wildman–Crippen LogP) is 2.73. The Hall–Kier alpha value is -1.53. The zero-order valence-electron chi connectivity index (χ0n) is 10.3. The summed E-state index contributed by atoms with van der Waals surface area (Å²) in [4.78, 5) is 0. The Morgan fingerprint density at radius 2 is 2.06 bits per heavy atom. The molecule has 0 amide bonds. The van der Waals surface area contributed by atoms with Crippen molar-refractivity contribution in [3.8, 4) is 11.8 Å².